The van der Waals surface area contributed by atoms with Gasteiger partial charge in [-0.15, -0.1) is 11.6 Å². The largest absolute Gasteiger partial charge is 0.443 e. The van der Waals surface area contributed by atoms with Crippen LogP contribution in [-0.4, -0.2) is 23.1 Å². The summed E-state index contributed by atoms with van der Waals surface area (Å²) in [6.45, 7) is 9.41. The highest BCUT2D eigenvalue weighted by Gasteiger charge is 2.24. The van der Waals surface area contributed by atoms with E-state index in [4.69, 9.17) is 16.3 Å². The van der Waals surface area contributed by atoms with Crippen LogP contribution in [0, 0.1) is 0 Å². The van der Waals surface area contributed by atoms with E-state index in [0.717, 1.165) is 0 Å². The van der Waals surface area contributed by atoms with Gasteiger partial charge in [0.2, 0.25) is 0 Å². The molecular formula is C10H20ClNO2. The first-order chi connectivity index (χ1) is 6.16. The van der Waals surface area contributed by atoms with Crippen LogP contribution in [0.25, 0.3) is 0 Å². The number of halogens is 1. The Kier molecular flexibility index (Phi) is 4.72. The molecule has 14 heavy (non-hydrogen) atoms. The van der Waals surface area contributed by atoms with Gasteiger partial charge in [-0.1, -0.05) is 0 Å². The van der Waals surface area contributed by atoms with Crippen LogP contribution in [0.4, 0.5) is 4.79 Å². The van der Waals surface area contributed by atoms with Crippen LogP contribution in [-0.2, 0) is 4.74 Å². The van der Waals surface area contributed by atoms with Crippen LogP contribution in [0.2, 0.25) is 0 Å². The number of hydrogen-bond donors (Lipinski definition) is 1. The maximum Gasteiger partial charge on any atom is 0.408 e. The molecule has 1 N–H and O–H groups in total. The summed E-state index contributed by atoms with van der Waals surface area (Å²) in [7, 11) is 0. The Balaban J connectivity index is 4.06. The van der Waals surface area contributed by atoms with E-state index >= 15 is 0 Å². The predicted octanol–water partition coefficient (Wildman–Crippen LogP) is 2.92. The Morgan fingerprint density at radius 1 is 1.29 bits per heavy atom. The monoisotopic (exact) mass is 221 g/mol. The third-order valence-electron chi connectivity index (χ3n) is 1.54. The third kappa shape index (κ3) is 7.01. The van der Waals surface area contributed by atoms with Crippen LogP contribution in [0.1, 0.15) is 41.0 Å². The molecule has 0 bridgehead atoms. The Hall–Kier alpha value is -0.440. The van der Waals surface area contributed by atoms with Crippen molar-refractivity contribution in [3.63, 3.8) is 0 Å². The molecule has 0 spiro atoms. The molecule has 0 saturated heterocycles. The Morgan fingerprint density at radius 2 is 1.79 bits per heavy atom. The van der Waals surface area contributed by atoms with Crippen molar-refractivity contribution in [2.24, 2.45) is 0 Å². The molecule has 0 heterocycles. The smallest absolute Gasteiger partial charge is 0.408 e. The molecule has 0 saturated carbocycles. The fraction of sp³-hybridized carbons (Fsp3) is 0.900. The third-order valence-corrected chi connectivity index (χ3v) is 1.73. The number of carbonyl (C=O) groups excluding carboxylic acids is 1. The summed E-state index contributed by atoms with van der Waals surface area (Å²) in [4.78, 5) is 11.4. The van der Waals surface area contributed by atoms with Crippen molar-refractivity contribution in [3.8, 4) is 0 Å². The van der Waals surface area contributed by atoms with E-state index < -0.39 is 11.7 Å². The fourth-order valence-electron chi connectivity index (χ4n) is 0.861. The van der Waals surface area contributed by atoms with Crippen LogP contribution in [0.5, 0.6) is 0 Å². The number of nitrogens with one attached hydrogen (secondary N) is 1. The van der Waals surface area contributed by atoms with Crippen molar-refractivity contribution in [1.29, 1.82) is 0 Å². The first-order valence-corrected chi connectivity index (χ1v) is 5.27. The topological polar surface area (TPSA) is 38.3 Å². The summed E-state index contributed by atoms with van der Waals surface area (Å²) < 4.78 is 5.22. The van der Waals surface area contributed by atoms with Gasteiger partial charge in [-0.05, 0) is 34.6 Å². The molecule has 0 aromatic carbocycles. The second kappa shape index (κ2) is 4.87. The Bertz CT molecular complexity index is 197. The van der Waals surface area contributed by atoms with E-state index in [9.17, 15) is 4.79 Å². The predicted molar refractivity (Wildman–Crippen MR) is 58.8 cm³/mol. The highest BCUT2D eigenvalue weighted by molar-refractivity contribution is 6.17. The minimum atomic E-state index is -0.503. The zero-order chi connectivity index (χ0) is 11.4. The molecule has 84 valence electrons. The summed E-state index contributed by atoms with van der Waals surface area (Å²) >= 11 is 5.59. The normalized spacial score (nSPS) is 12.4. The number of hydrogen-bond acceptors (Lipinski definition) is 2. The van der Waals surface area contributed by atoms with Crippen LogP contribution < -0.4 is 5.32 Å². The molecule has 0 rings (SSSR count). The molecule has 0 unspecified atom stereocenters. The molecule has 0 aliphatic heterocycles. The van der Waals surface area contributed by atoms with Gasteiger partial charge in [0, 0.05) is 17.8 Å². The summed E-state index contributed by atoms with van der Waals surface area (Å²) in [6, 6.07) is 0. The molecule has 0 aliphatic carbocycles. The summed E-state index contributed by atoms with van der Waals surface area (Å²) in [5.41, 5.74) is -0.773. The van der Waals surface area contributed by atoms with Gasteiger partial charge >= 0.3 is 6.09 Å². The number of carbonyl (C=O) groups is 1. The van der Waals surface area contributed by atoms with Gasteiger partial charge < -0.3 is 10.1 Å². The molecule has 0 fully saturated rings. The van der Waals surface area contributed by atoms with Crippen molar-refractivity contribution in [2.45, 2.75) is 52.2 Å². The highest BCUT2D eigenvalue weighted by atomic mass is 35.5. The fourth-order valence-corrected chi connectivity index (χ4v) is 1.32. The van der Waals surface area contributed by atoms with Gasteiger partial charge in [0.25, 0.3) is 0 Å². The molecular weight excluding hydrogens is 202 g/mol. The Morgan fingerprint density at radius 3 is 2.14 bits per heavy atom. The van der Waals surface area contributed by atoms with Gasteiger partial charge in [-0.25, -0.2) is 4.79 Å². The van der Waals surface area contributed by atoms with Crippen molar-refractivity contribution < 1.29 is 9.53 Å². The van der Waals surface area contributed by atoms with E-state index in [-0.39, 0.29) is 5.54 Å². The van der Waals surface area contributed by atoms with Crippen molar-refractivity contribution in [1.82, 2.24) is 5.32 Å². The summed E-state index contributed by atoms with van der Waals surface area (Å²) in [5.74, 6) is 0.482. The average Bonchev–Trinajstić information content (AvgIpc) is 1.78. The SMILES string of the molecule is CC(C)(C)NC(=O)OC(C)(C)CCCl. The number of ether oxygens (including phenoxy) is 1. The molecule has 3 nitrogen and oxygen atoms in total. The lowest BCUT2D eigenvalue weighted by molar-refractivity contribution is 0.0328. The molecule has 0 aromatic heterocycles. The highest BCUT2D eigenvalue weighted by Crippen LogP contribution is 2.15. The van der Waals surface area contributed by atoms with Crippen LogP contribution >= 0.6 is 11.6 Å². The minimum Gasteiger partial charge on any atom is -0.443 e. The molecule has 4 heteroatoms. The second-order valence-electron chi connectivity index (χ2n) is 4.96. The van der Waals surface area contributed by atoms with Crippen molar-refractivity contribution in [3.05, 3.63) is 0 Å². The molecule has 0 atom stereocenters. The van der Waals surface area contributed by atoms with E-state index in [0.29, 0.717) is 12.3 Å². The van der Waals surface area contributed by atoms with Crippen LogP contribution in [0.15, 0.2) is 0 Å². The summed E-state index contributed by atoms with van der Waals surface area (Å²) in [6.07, 6.45) is 0.249. The number of alkyl halides is 1. The Labute approximate surface area is 91.2 Å². The standard InChI is InChI=1S/C10H20ClNO2/c1-9(2,3)12-8(13)14-10(4,5)6-7-11/h6-7H2,1-5H3,(H,12,13). The van der Waals surface area contributed by atoms with Gasteiger partial charge in [-0.2, -0.15) is 0 Å². The lowest BCUT2D eigenvalue weighted by Gasteiger charge is -2.27. The molecule has 0 radical (unpaired) electrons. The van der Waals surface area contributed by atoms with E-state index in [1.807, 2.05) is 34.6 Å². The van der Waals surface area contributed by atoms with E-state index in [1.54, 1.807) is 0 Å². The lowest BCUT2D eigenvalue weighted by Crippen LogP contribution is -2.44. The first kappa shape index (κ1) is 13.6. The maximum absolute atomic E-state index is 11.4. The number of rotatable bonds is 3. The lowest BCUT2D eigenvalue weighted by atomic mass is 10.1. The van der Waals surface area contributed by atoms with Gasteiger partial charge in [-0.3, -0.25) is 0 Å². The minimum absolute atomic E-state index is 0.270. The number of alkyl carbamates (subject to hydrolysis) is 1. The van der Waals surface area contributed by atoms with Gasteiger partial charge in [0.05, 0.1) is 0 Å². The zero-order valence-corrected chi connectivity index (χ0v) is 10.4. The van der Waals surface area contributed by atoms with E-state index in [1.165, 1.54) is 0 Å². The number of amides is 1. The molecule has 0 aliphatic rings. The van der Waals surface area contributed by atoms with Gasteiger partial charge in [0.15, 0.2) is 0 Å². The van der Waals surface area contributed by atoms with Crippen LogP contribution in [0.3, 0.4) is 0 Å². The summed E-state index contributed by atoms with van der Waals surface area (Å²) in [5, 5.41) is 2.73. The van der Waals surface area contributed by atoms with Crippen molar-refractivity contribution >= 4 is 17.7 Å². The second-order valence-corrected chi connectivity index (χ2v) is 5.34. The molecule has 0 aromatic rings. The van der Waals surface area contributed by atoms with E-state index in [2.05, 4.69) is 5.32 Å². The zero-order valence-electron chi connectivity index (χ0n) is 9.61. The average molecular weight is 222 g/mol. The van der Waals surface area contributed by atoms with Gasteiger partial charge in [0.1, 0.15) is 5.60 Å². The molecule has 1 amide bonds. The van der Waals surface area contributed by atoms with Crippen molar-refractivity contribution in [2.75, 3.05) is 5.88 Å². The first-order valence-electron chi connectivity index (χ1n) is 4.73. The maximum atomic E-state index is 11.4. The quantitative estimate of drug-likeness (QED) is 0.745.